The number of sulfonamides is 1. The van der Waals surface area contributed by atoms with Crippen LogP contribution in [0.3, 0.4) is 0 Å². The number of anilines is 1. The maximum absolute atomic E-state index is 12.9. The Labute approximate surface area is 167 Å². The monoisotopic (exact) mass is 411 g/mol. The Morgan fingerprint density at radius 3 is 2.72 bits per heavy atom. The molecule has 0 atom stereocenters. The highest BCUT2D eigenvalue weighted by Gasteiger charge is 2.36. The number of rotatable bonds is 5. The van der Waals surface area contributed by atoms with Gasteiger partial charge < -0.3 is 9.84 Å². The molecule has 0 bridgehead atoms. The van der Waals surface area contributed by atoms with Gasteiger partial charge in [-0.25, -0.2) is 13.8 Å². The van der Waals surface area contributed by atoms with E-state index in [0.717, 1.165) is 9.69 Å². The van der Waals surface area contributed by atoms with Gasteiger partial charge in [-0.1, -0.05) is 24.3 Å². The van der Waals surface area contributed by atoms with Gasteiger partial charge >= 0.3 is 0 Å². The van der Waals surface area contributed by atoms with Crippen molar-refractivity contribution in [3.05, 3.63) is 60.2 Å². The number of benzene rings is 3. The van der Waals surface area contributed by atoms with Gasteiger partial charge in [0, 0.05) is 10.9 Å². The Kier molecular flexibility index (Phi) is 4.59. The van der Waals surface area contributed by atoms with Gasteiger partial charge in [-0.05, 0) is 35.7 Å². The highest BCUT2D eigenvalue weighted by atomic mass is 32.2. The third-order valence-corrected chi connectivity index (χ3v) is 6.40. The van der Waals surface area contributed by atoms with Crippen molar-refractivity contribution < 1.29 is 23.1 Å². The summed E-state index contributed by atoms with van der Waals surface area (Å²) in [5.74, 6) is -0.130. The Morgan fingerprint density at radius 2 is 1.97 bits per heavy atom. The first-order valence-corrected chi connectivity index (χ1v) is 10.1. The minimum atomic E-state index is -3.82. The first-order chi connectivity index (χ1) is 13.9. The fourth-order valence-corrected chi connectivity index (χ4v) is 4.90. The molecule has 0 aromatic heterocycles. The van der Waals surface area contributed by atoms with Gasteiger partial charge in [-0.15, -0.1) is 0 Å². The number of hydrogen-bond acceptors (Lipinski definition) is 6. The molecule has 148 valence electrons. The van der Waals surface area contributed by atoms with Crippen LogP contribution in [0.4, 0.5) is 5.69 Å². The number of amides is 1. The molecule has 0 unspecified atom stereocenters. The van der Waals surface area contributed by atoms with Crippen molar-refractivity contribution >= 4 is 38.6 Å². The van der Waals surface area contributed by atoms with E-state index in [2.05, 4.69) is 10.5 Å². The number of phenolic OH excluding ortho intramolecular Hbond substituents is 1. The van der Waals surface area contributed by atoms with Crippen LogP contribution in [0.2, 0.25) is 0 Å². The third kappa shape index (κ3) is 3.25. The lowest BCUT2D eigenvalue weighted by atomic mass is 10.1. The Balaban J connectivity index is 1.53. The van der Waals surface area contributed by atoms with E-state index in [4.69, 9.17) is 4.74 Å². The number of ether oxygens (including phenoxy) is 1. The number of nitrogens with zero attached hydrogens (tertiary/aromatic N) is 2. The summed E-state index contributed by atoms with van der Waals surface area (Å²) in [4.78, 5) is 12.5. The van der Waals surface area contributed by atoms with Crippen LogP contribution in [0.25, 0.3) is 10.8 Å². The molecule has 4 rings (SSSR count). The Hall–Kier alpha value is -3.59. The number of aromatic hydroxyl groups is 1. The number of hydrogen-bond donors (Lipinski definition) is 2. The fraction of sp³-hybridized carbons (Fsp3) is 0.100. The normalized spacial score (nSPS) is 14.4. The molecule has 1 amide bonds. The molecular formula is C20H17N3O5S. The van der Waals surface area contributed by atoms with Gasteiger partial charge in [0.1, 0.15) is 18.0 Å². The van der Waals surface area contributed by atoms with Crippen LogP contribution in [-0.2, 0) is 14.8 Å². The Bertz CT molecular complexity index is 1250. The zero-order valence-electron chi connectivity index (χ0n) is 15.4. The van der Waals surface area contributed by atoms with Gasteiger partial charge in [0.15, 0.2) is 0 Å². The number of hydrazone groups is 1. The summed E-state index contributed by atoms with van der Waals surface area (Å²) in [5, 5.41) is 15.0. The van der Waals surface area contributed by atoms with E-state index in [1.807, 2.05) is 12.1 Å². The van der Waals surface area contributed by atoms with Crippen LogP contribution >= 0.6 is 0 Å². The second-order valence-corrected chi connectivity index (χ2v) is 8.19. The van der Waals surface area contributed by atoms with Crippen LogP contribution in [0.5, 0.6) is 11.5 Å². The van der Waals surface area contributed by atoms with Gasteiger partial charge in [-0.3, -0.25) is 9.10 Å². The number of nitrogens with one attached hydrogen (secondary N) is 1. The van der Waals surface area contributed by atoms with Gasteiger partial charge in [0.25, 0.3) is 15.9 Å². The highest BCUT2D eigenvalue weighted by molar-refractivity contribution is 7.93. The maximum Gasteiger partial charge on any atom is 0.265 e. The first kappa shape index (κ1) is 18.8. The summed E-state index contributed by atoms with van der Waals surface area (Å²) < 4.78 is 31.9. The zero-order chi connectivity index (χ0) is 20.6. The summed E-state index contributed by atoms with van der Waals surface area (Å²) in [6.07, 6.45) is 1.25. The second-order valence-electron chi connectivity index (χ2n) is 6.36. The number of carbonyl (C=O) groups excluding carboxylic acids is 1. The summed E-state index contributed by atoms with van der Waals surface area (Å²) in [6.45, 7) is -0.419. The van der Waals surface area contributed by atoms with Crippen molar-refractivity contribution in [1.82, 2.24) is 5.43 Å². The average Bonchev–Trinajstić information content (AvgIpc) is 2.93. The lowest BCUT2D eigenvalue weighted by Crippen LogP contribution is -2.37. The predicted molar refractivity (Wildman–Crippen MR) is 109 cm³/mol. The molecule has 0 spiro atoms. The average molecular weight is 411 g/mol. The zero-order valence-corrected chi connectivity index (χ0v) is 16.2. The smallest absolute Gasteiger partial charge is 0.265 e. The molecule has 1 aliphatic heterocycles. The minimum Gasteiger partial charge on any atom is -0.507 e. The summed E-state index contributed by atoms with van der Waals surface area (Å²) >= 11 is 0. The number of carbonyl (C=O) groups is 1. The molecular weight excluding hydrogens is 394 g/mol. The van der Waals surface area contributed by atoms with E-state index < -0.39 is 22.5 Å². The lowest BCUT2D eigenvalue weighted by Gasteiger charge is -2.17. The van der Waals surface area contributed by atoms with Gasteiger partial charge in [-0.2, -0.15) is 5.10 Å². The van der Waals surface area contributed by atoms with E-state index in [-0.39, 0.29) is 10.6 Å². The van der Waals surface area contributed by atoms with Crippen molar-refractivity contribution in [3.63, 3.8) is 0 Å². The molecule has 0 saturated heterocycles. The molecule has 8 nitrogen and oxygen atoms in total. The highest BCUT2D eigenvalue weighted by Crippen LogP contribution is 2.41. The standard InChI is InChI=1S/C20H17N3O5S/c1-28-15-8-9-17(24)14(10-15)11-21-22-19(25)12-23-16-6-2-4-13-5-3-7-18(20(13)16)29(23,26)27/h2-11,24H,12H2,1H3,(H,22,25)/b21-11+. The molecule has 9 heteroatoms. The molecule has 2 N–H and O–H groups in total. The molecule has 1 aliphatic rings. The van der Waals surface area contributed by atoms with Crippen molar-refractivity contribution in [2.24, 2.45) is 5.10 Å². The molecule has 0 saturated carbocycles. The quantitative estimate of drug-likeness (QED) is 0.494. The Morgan fingerprint density at radius 1 is 1.21 bits per heavy atom. The summed E-state index contributed by atoms with van der Waals surface area (Å²) in [7, 11) is -2.33. The van der Waals surface area contributed by atoms with Crippen molar-refractivity contribution in [2.45, 2.75) is 4.90 Å². The predicted octanol–water partition coefficient (Wildman–Crippen LogP) is 2.21. The molecule has 3 aromatic rings. The van der Waals surface area contributed by atoms with E-state index in [1.54, 1.807) is 30.3 Å². The van der Waals surface area contributed by atoms with E-state index in [9.17, 15) is 18.3 Å². The van der Waals surface area contributed by atoms with Gasteiger partial charge in [0.05, 0.1) is 23.9 Å². The lowest BCUT2D eigenvalue weighted by molar-refractivity contribution is -0.119. The van der Waals surface area contributed by atoms with Crippen LogP contribution in [0, 0.1) is 0 Å². The van der Waals surface area contributed by atoms with Crippen LogP contribution < -0.4 is 14.5 Å². The summed E-state index contributed by atoms with van der Waals surface area (Å²) in [6, 6.07) is 14.8. The van der Waals surface area contributed by atoms with Crippen molar-refractivity contribution in [1.29, 1.82) is 0 Å². The molecule has 0 aliphatic carbocycles. The number of phenols is 1. The van der Waals surface area contributed by atoms with Gasteiger partial charge in [0.2, 0.25) is 0 Å². The van der Waals surface area contributed by atoms with Crippen LogP contribution in [-0.4, -0.2) is 39.3 Å². The first-order valence-electron chi connectivity index (χ1n) is 8.65. The molecule has 3 aromatic carbocycles. The van der Waals surface area contributed by atoms with Crippen molar-refractivity contribution in [2.75, 3.05) is 18.0 Å². The van der Waals surface area contributed by atoms with E-state index in [0.29, 0.717) is 22.4 Å². The fourth-order valence-electron chi connectivity index (χ4n) is 3.23. The van der Waals surface area contributed by atoms with E-state index >= 15 is 0 Å². The van der Waals surface area contributed by atoms with Crippen LogP contribution in [0.15, 0.2) is 64.6 Å². The van der Waals surface area contributed by atoms with Crippen molar-refractivity contribution in [3.8, 4) is 11.5 Å². The SMILES string of the molecule is COc1ccc(O)c(/C=N/NC(=O)CN2c3cccc4cccc(c34)S2(=O)=O)c1. The maximum atomic E-state index is 12.9. The minimum absolute atomic E-state index is 0.0342. The largest absolute Gasteiger partial charge is 0.507 e. The molecule has 29 heavy (non-hydrogen) atoms. The molecule has 0 radical (unpaired) electrons. The second kappa shape index (κ2) is 7.10. The van der Waals surface area contributed by atoms with Crippen LogP contribution in [0.1, 0.15) is 5.56 Å². The molecule has 0 fully saturated rings. The third-order valence-electron chi connectivity index (χ3n) is 4.60. The summed E-state index contributed by atoms with van der Waals surface area (Å²) in [5.41, 5.74) is 3.10. The molecule has 1 heterocycles. The van der Waals surface area contributed by atoms with E-state index in [1.165, 1.54) is 25.5 Å². The number of methoxy groups -OCH3 is 1. The topological polar surface area (TPSA) is 108 Å².